The summed E-state index contributed by atoms with van der Waals surface area (Å²) < 4.78 is 32.7. The third-order valence-electron chi connectivity index (χ3n) is 6.47. The number of halogens is 2. The molecule has 35 heavy (non-hydrogen) atoms. The van der Waals surface area contributed by atoms with E-state index in [0.717, 1.165) is 44.4 Å². The van der Waals surface area contributed by atoms with E-state index in [4.69, 9.17) is 9.84 Å². The molecule has 8 nitrogen and oxygen atoms in total. The number of nitrogens with zero attached hydrogens (tertiary/aromatic N) is 1. The van der Waals surface area contributed by atoms with Crippen molar-refractivity contribution in [2.75, 3.05) is 13.2 Å². The van der Waals surface area contributed by atoms with Crippen LogP contribution in [0.1, 0.15) is 48.9 Å². The monoisotopic (exact) mass is 488 g/mol. The third-order valence-corrected chi connectivity index (χ3v) is 6.47. The number of ketones is 1. The maximum Gasteiger partial charge on any atom is 0.315 e. The second-order valence-electron chi connectivity index (χ2n) is 9.11. The quantitative estimate of drug-likeness (QED) is 0.231. The van der Waals surface area contributed by atoms with Crippen LogP contribution in [0.4, 0.5) is 13.6 Å². The van der Waals surface area contributed by atoms with E-state index >= 15 is 0 Å². The number of urea groups is 1. The van der Waals surface area contributed by atoms with E-state index in [1.54, 1.807) is 0 Å². The van der Waals surface area contributed by atoms with Gasteiger partial charge >= 0.3 is 6.03 Å². The normalized spacial score (nSPS) is 23.4. The molecule has 1 saturated heterocycles. The first-order valence-corrected chi connectivity index (χ1v) is 12.0. The minimum atomic E-state index is -0.636. The summed E-state index contributed by atoms with van der Waals surface area (Å²) in [5.74, 6) is -0.623. The molecule has 1 aliphatic heterocycles. The molecule has 0 radical (unpaired) electrons. The highest BCUT2D eigenvalue weighted by atomic mass is 19.1. The van der Waals surface area contributed by atoms with Gasteiger partial charge in [-0.15, -0.1) is 0 Å². The van der Waals surface area contributed by atoms with Gasteiger partial charge < -0.3 is 25.8 Å². The van der Waals surface area contributed by atoms with Crippen LogP contribution in [0.15, 0.2) is 36.5 Å². The van der Waals surface area contributed by atoms with Gasteiger partial charge in [-0.1, -0.05) is 0 Å². The number of carbonyl (C=O) groups excluding carboxylic acids is 2. The molecular weight excluding hydrogens is 458 g/mol. The highest BCUT2D eigenvalue weighted by Gasteiger charge is 2.44. The van der Waals surface area contributed by atoms with Crippen molar-refractivity contribution in [3.05, 3.63) is 53.7 Å². The van der Waals surface area contributed by atoms with Gasteiger partial charge in [0.25, 0.3) is 0 Å². The number of carbonyl (C=O) groups is 2. The smallest absolute Gasteiger partial charge is 0.315 e. The van der Waals surface area contributed by atoms with Gasteiger partial charge in [0.15, 0.2) is 5.78 Å². The first-order valence-electron chi connectivity index (χ1n) is 12.0. The second kappa shape index (κ2) is 11.5. The predicted molar refractivity (Wildman–Crippen MR) is 124 cm³/mol. The van der Waals surface area contributed by atoms with Crippen molar-refractivity contribution in [1.29, 1.82) is 0 Å². The fraction of sp³-hybridized carbons (Fsp3) is 0.480. The number of benzene rings is 1. The average Bonchev–Trinajstić information content (AvgIpc) is 3.61. The number of nitrogens with one attached hydrogen (secondary N) is 3. The van der Waals surface area contributed by atoms with Crippen molar-refractivity contribution in [3.63, 3.8) is 0 Å². The Labute approximate surface area is 202 Å². The molecule has 2 unspecified atom stereocenters. The third kappa shape index (κ3) is 6.95. The zero-order valence-corrected chi connectivity index (χ0v) is 19.3. The van der Waals surface area contributed by atoms with Gasteiger partial charge in [0.05, 0.1) is 17.8 Å². The highest BCUT2D eigenvalue weighted by molar-refractivity contribution is 6.04. The van der Waals surface area contributed by atoms with E-state index in [-0.39, 0.29) is 41.9 Å². The topological polar surface area (TPSA) is 122 Å². The van der Waals surface area contributed by atoms with Gasteiger partial charge in [0.1, 0.15) is 17.4 Å². The van der Waals surface area contributed by atoms with Gasteiger partial charge in [0.2, 0.25) is 5.88 Å². The van der Waals surface area contributed by atoms with Crippen LogP contribution in [0.2, 0.25) is 0 Å². The molecule has 2 aliphatic rings. The summed E-state index contributed by atoms with van der Waals surface area (Å²) in [6, 6.07) is 5.89. The Morgan fingerprint density at radius 1 is 1.11 bits per heavy atom. The van der Waals surface area contributed by atoms with E-state index in [2.05, 4.69) is 20.9 Å². The summed E-state index contributed by atoms with van der Waals surface area (Å²) in [7, 11) is 0. The molecule has 2 atom stereocenters. The first-order chi connectivity index (χ1) is 16.9. The van der Waals surface area contributed by atoms with Crippen LogP contribution >= 0.6 is 0 Å². The molecule has 188 valence electrons. The minimum absolute atomic E-state index is 0.000674. The lowest BCUT2D eigenvalue weighted by atomic mass is 9.83. The van der Waals surface area contributed by atoms with E-state index in [9.17, 15) is 18.4 Å². The molecule has 1 saturated carbocycles. The van der Waals surface area contributed by atoms with E-state index < -0.39 is 17.7 Å². The van der Waals surface area contributed by atoms with Gasteiger partial charge in [0, 0.05) is 25.2 Å². The number of pyridine rings is 1. The lowest BCUT2D eigenvalue weighted by Gasteiger charge is -2.29. The average molecular weight is 489 g/mol. The van der Waals surface area contributed by atoms with Crippen molar-refractivity contribution in [2.45, 2.75) is 56.7 Å². The highest BCUT2D eigenvalue weighted by Crippen LogP contribution is 2.34. The summed E-state index contributed by atoms with van der Waals surface area (Å²) in [4.78, 5) is 28.9. The zero-order valence-electron chi connectivity index (χ0n) is 19.3. The molecule has 0 spiro atoms. The van der Waals surface area contributed by atoms with Gasteiger partial charge in [-0.2, -0.15) is 0 Å². The summed E-state index contributed by atoms with van der Waals surface area (Å²) in [5.41, 5.74) is 0.0504. The number of hydrogen-bond donors (Lipinski definition) is 4. The Kier molecular flexibility index (Phi) is 8.25. The molecule has 10 heteroatoms. The molecule has 4 N–H and O–H groups in total. The molecule has 2 fully saturated rings. The molecule has 4 rings (SSSR count). The molecule has 1 aromatic heterocycles. The fourth-order valence-electron chi connectivity index (χ4n) is 4.52. The summed E-state index contributed by atoms with van der Waals surface area (Å²) in [6.45, 7) is 0.486. The Morgan fingerprint density at radius 3 is 2.57 bits per heavy atom. The van der Waals surface area contributed by atoms with Gasteiger partial charge in [-0.05, 0) is 74.8 Å². The summed E-state index contributed by atoms with van der Waals surface area (Å²) in [5, 5.41) is 17.7. The Balaban J connectivity index is 1.27. The number of aromatic nitrogens is 1. The molecule has 1 aliphatic carbocycles. The van der Waals surface area contributed by atoms with Crippen molar-refractivity contribution in [3.8, 4) is 11.6 Å². The Hall–Kier alpha value is -3.11. The lowest BCUT2D eigenvalue weighted by molar-refractivity contribution is 0.0983. The van der Waals surface area contributed by atoms with Crippen LogP contribution in [-0.4, -0.2) is 53.2 Å². The van der Waals surface area contributed by atoms with Crippen molar-refractivity contribution in [2.24, 2.45) is 5.92 Å². The maximum absolute atomic E-state index is 13.9. The van der Waals surface area contributed by atoms with Crippen LogP contribution in [0.5, 0.6) is 11.6 Å². The molecule has 0 bridgehead atoms. The standard InChI is InChI=1S/C25H30F2N4O4/c26-16-4-8-19(9-5-16)35-24-20(13-17(27)14-29-24)23(33)22-21(31-22)12-15-2-6-18(7-3-15)30-25(34)28-10-1-11-32/h4-5,8-9,13-15,18,21-22,31-32H,1-3,6-7,10-12H2,(H2,28,30,34). The van der Waals surface area contributed by atoms with Crippen molar-refractivity contribution >= 4 is 11.8 Å². The molecule has 2 aromatic rings. The van der Waals surface area contributed by atoms with Crippen molar-refractivity contribution < 1.29 is 28.2 Å². The lowest BCUT2D eigenvalue weighted by Crippen LogP contribution is -2.44. The Bertz CT molecular complexity index is 1030. The van der Waals surface area contributed by atoms with Crippen molar-refractivity contribution in [1.82, 2.24) is 20.9 Å². The van der Waals surface area contributed by atoms with Crippen LogP contribution in [0.25, 0.3) is 0 Å². The number of aliphatic hydroxyl groups is 1. The molecule has 2 amide bonds. The summed E-state index contributed by atoms with van der Waals surface area (Å²) >= 11 is 0. The largest absolute Gasteiger partial charge is 0.438 e. The van der Waals surface area contributed by atoms with Crippen LogP contribution in [-0.2, 0) is 0 Å². The number of aliphatic hydroxyl groups excluding tert-OH is 1. The van der Waals surface area contributed by atoms with E-state index in [1.807, 2.05) is 0 Å². The van der Waals surface area contributed by atoms with E-state index in [0.29, 0.717) is 24.6 Å². The second-order valence-corrected chi connectivity index (χ2v) is 9.11. The maximum atomic E-state index is 13.9. The van der Waals surface area contributed by atoms with Crippen LogP contribution in [0, 0.1) is 17.6 Å². The number of amides is 2. The number of rotatable bonds is 10. The fourth-order valence-corrected chi connectivity index (χ4v) is 4.52. The van der Waals surface area contributed by atoms with Gasteiger partial charge in [-0.25, -0.2) is 18.6 Å². The molecular formula is C25H30F2N4O4. The van der Waals surface area contributed by atoms with Crippen LogP contribution in [0.3, 0.4) is 0 Å². The zero-order chi connectivity index (χ0) is 24.8. The SMILES string of the molecule is O=C(NCCCO)NC1CCC(CC2NC2C(=O)c2cc(F)cnc2Oc2ccc(F)cc2)CC1. The number of ether oxygens (including phenoxy) is 1. The number of Topliss-reactive ketones (excluding diaryl/α,β-unsaturated/α-hetero) is 1. The van der Waals surface area contributed by atoms with Crippen LogP contribution < -0.4 is 20.7 Å². The number of hydrogen-bond acceptors (Lipinski definition) is 6. The minimum Gasteiger partial charge on any atom is -0.438 e. The molecule has 1 aromatic carbocycles. The van der Waals surface area contributed by atoms with Gasteiger partial charge in [-0.3, -0.25) is 4.79 Å². The predicted octanol–water partition coefficient (Wildman–Crippen LogP) is 3.31. The molecule has 2 heterocycles. The Morgan fingerprint density at radius 2 is 1.86 bits per heavy atom. The summed E-state index contributed by atoms with van der Waals surface area (Å²) in [6.07, 6.45) is 5.96. The van der Waals surface area contributed by atoms with E-state index in [1.165, 1.54) is 24.3 Å². The first kappa shape index (κ1) is 25.0.